The molecule has 1 saturated heterocycles. The first kappa shape index (κ1) is 15.3. The van der Waals surface area contributed by atoms with E-state index in [0.717, 1.165) is 11.6 Å². The van der Waals surface area contributed by atoms with Gasteiger partial charge in [0.2, 0.25) is 0 Å². The number of hydrogen-bond acceptors (Lipinski definition) is 1. The average molecular weight is 250 g/mol. The molecular weight excluding hydrogens is 220 g/mol. The van der Waals surface area contributed by atoms with Crippen LogP contribution in [0.4, 0.5) is 0 Å². The summed E-state index contributed by atoms with van der Waals surface area (Å²) >= 11 is 0. The number of allylic oxidation sites excluding steroid dienone is 2. The van der Waals surface area contributed by atoms with E-state index in [-0.39, 0.29) is 0 Å². The van der Waals surface area contributed by atoms with Crippen LogP contribution in [0.3, 0.4) is 0 Å². The van der Waals surface area contributed by atoms with Crippen LogP contribution in [0.1, 0.15) is 60.8 Å². The van der Waals surface area contributed by atoms with Crippen LogP contribution in [0.2, 0.25) is 0 Å². The van der Waals surface area contributed by atoms with Gasteiger partial charge in [-0.2, -0.15) is 0 Å². The van der Waals surface area contributed by atoms with E-state index in [1.165, 1.54) is 31.6 Å². The van der Waals surface area contributed by atoms with Gasteiger partial charge >= 0.3 is 0 Å². The molecule has 0 aliphatic carbocycles. The van der Waals surface area contributed by atoms with Gasteiger partial charge in [0.05, 0.1) is 0 Å². The minimum Gasteiger partial charge on any atom is -0.357 e. The molecule has 0 aromatic rings. The average Bonchev–Trinajstić information content (AvgIpc) is 2.75. The third kappa shape index (κ3) is 4.15. The third-order valence-electron chi connectivity index (χ3n) is 3.93. The Morgan fingerprint density at radius 2 is 2.00 bits per heavy atom. The molecule has 2 atom stereocenters. The highest BCUT2D eigenvalue weighted by Gasteiger charge is 2.28. The molecule has 2 unspecified atom stereocenters. The molecule has 0 radical (unpaired) electrons. The number of nitrogens with zero attached hydrogens (tertiary/aromatic N) is 2. The first-order chi connectivity index (χ1) is 8.45. The van der Waals surface area contributed by atoms with Gasteiger partial charge in [0.1, 0.15) is 5.84 Å². The van der Waals surface area contributed by atoms with Gasteiger partial charge < -0.3 is 4.90 Å². The molecule has 0 bridgehead atoms. The minimum absolute atomic E-state index is 0.575. The molecule has 1 fully saturated rings. The van der Waals surface area contributed by atoms with Crippen molar-refractivity contribution in [2.24, 2.45) is 16.8 Å². The van der Waals surface area contributed by atoms with Crippen molar-refractivity contribution in [2.75, 3.05) is 6.54 Å². The smallest absolute Gasteiger partial charge is 0.101 e. The largest absolute Gasteiger partial charge is 0.357 e. The van der Waals surface area contributed by atoms with E-state index < -0.39 is 0 Å². The highest BCUT2D eigenvalue weighted by molar-refractivity contribution is 5.81. The topological polar surface area (TPSA) is 15.6 Å². The Kier molecular flexibility index (Phi) is 5.90. The summed E-state index contributed by atoms with van der Waals surface area (Å²) in [6.07, 6.45) is 6.14. The lowest BCUT2D eigenvalue weighted by atomic mass is 9.97. The fourth-order valence-electron chi connectivity index (χ4n) is 2.90. The molecule has 2 nitrogen and oxygen atoms in total. The second-order valence-corrected chi connectivity index (χ2v) is 6.00. The molecule has 1 aliphatic heterocycles. The lowest BCUT2D eigenvalue weighted by molar-refractivity contribution is 0.286. The number of amidine groups is 1. The van der Waals surface area contributed by atoms with E-state index in [1.807, 2.05) is 0 Å². The highest BCUT2D eigenvalue weighted by atomic mass is 15.2. The van der Waals surface area contributed by atoms with Crippen molar-refractivity contribution in [3.05, 3.63) is 11.8 Å². The van der Waals surface area contributed by atoms with Gasteiger partial charge in [0.25, 0.3) is 0 Å². The molecule has 0 saturated carbocycles. The van der Waals surface area contributed by atoms with Gasteiger partial charge in [-0.15, -0.1) is 0 Å². The number of likely N-dealkylation sites (tertiary alicyclic amines) is 1. The van der Waals surface area contributed by atoms with Gasteiger partial charge in [-0.25, -0.2) is 4.99 Å². The molecule has 1 rings (SSSR count). The van der Waals surface area contributed by atoms with Crippen LogP contribution in [0.5, 0.6) is 0 Å². The Balaban J connectivity index is 2.76. The Bertz CT molecular complexity index is 315. The third-order valence-corrected chi connectivity index (χ3v) is 3.93. The zero-order chi connectivity index (χ0) is 13.7. The summed E-state index contributed by atoms with van der Waals surface area (Å²) in [5.74, 6) is 2.55. The predicted molar refractivity (Wildman–Crippen MR) is 80.9 cm³/mol. The van der Waals surface area contributed by atoms with Gasteiger partial charge in [-0.1, -0.05) is 40.2 Å². The fourth-order valence-corrected chi connectivity index (χ4v) is 2.90. The zero-order valence-corrected chi connectivity index (χ0v) is 13.0. The standard InChI is InChI=1S/C16H30N2/c1-7-13(4)16-9-8-10-18(16)15(6)17-14(5)11-12(2)3/h11-13,16H,7-10H2,1-6H3/b14-11-,17-15+. The Hall–Kier alpha value is -0.790. The molecule has 0 spiro atoms. The monoisotopic (exact) mass is 250 g/mol. The van der Waals surface area contributed by atoms with E-state index in [2.05, 4.69) is 52.5 Å². The lowest BCUT2D eigenvalue weighted by Gasteiger charge is -2.30. The van der Waals surface area contributed by atoms with Gasteiger partial charge in [0, 0.05) is 18.3 Å². The number of hydrogen-bond donors (Lipinski definition) is 0. The number of aliphatic imine (C=N–C) groups is 1. The van der Waals surface area contributed by atoms with Crippen LogP contribution < -0.4 is 0 Å². The quantitative estimate of drug-likeness (QED) is 0.531. The van der Waals surface area contributed by atoms with Crippen LogP contribution in [0.15, 0.2) is 16.8 Å². The molecule has 0 aromatic heterocycles. The summed E-state index contributed by atoms with van der Waals surface area (Å²) in [5, 5.41) is 0. The van der Waals surface area contributed by atoms with Crippen LogP contribution in [-0.2, 0) is 0 Å². The van der Waals surface area contributed by atoms with Crippen molar-refractivity contribution >= 4 is 5.84 Å². The zero-order valence-electron chi connectivity index (χ0n) is 13.0. The Labute approximate surface area is 113 Å². The second kappa shape index (κ2) is 6.96. The van der Waals surface area contributed by atoms with Gasteiger partial charge in [-0.3, -0.25) is 0 Å². The maximum absolute atomic E-state index is 4.77. The molecular formula is C16H30N2. The first-order valence-corrected chi connectivity index (χ1v) is 7.46. The molecule has 0 N–H and O–H groups in total. The number of rotatable bonds is 4. The molecule has 1 aliphatic rings. The molecule has 0 aromatic carbocycles. The maximum Gasteiger partial charge on any atom is 0.101 e. The molecule has 104 valence electrons. The van der Waals surface area contributed by atoms with E-state index in [4.69, 9.17) is 4.99 Å². The fraction of sp³-hybridized carbons (Fsp3) is 0.812. The minimum atomic E-state index is 0.575. The highest BCUT2D eigenvalue weighted by Crippen LogP contribution is 2.26. The summed E-state index contributed by atoms with van der Waals surface area (Å²) in [4.78, 5) is 7.29. The predicted octanol–water partition coefficient (Wildman–Crippen LogP) is 4.48. The second-order valence-electron chi connectivity index (χ2n) is 6.00. The van der Waals surface area contributed by atoms with Gasteiger partial charge in [0.15, 0.2) is 0 Å². The van der Waals surface area contributed by atoms with Crippen LogP contribution in [0.25, 0.3) is 0 Å². The molecule has 0 amide bonds. The Morgan fingerprint density at radius 3 is 2.56 bits per heavy atom. The van der Waals surface area contributed by atoms with Crippen LogP contribution in [0, 0.1) is 11.8 Å². The van der Waals surface area contributed by atoms with E-state index in [1.54, 1.807) is 0 Å². The van der Waals surface area contributed by atoms with Crippen LogP contribution in [-0.4, -0.2) is 23.3 Å². The van der Waals surface area contributed by atoms with Crippen molar-refractivity contribution in [1.82, 2.24) is 4.90 Å². The lowest BCUT2D eigenvalue weighted by Crippen LogP contribution is -2.37. The van der Waals surface area contributed by atoms with Gasteiger partial charge in [-0.05, 0) is 38.5 Å². The molecule has 1 heterocycles. The van der Waals surface area contributed by atoms with Crippen molar-refractivity contribution in [3.63, 3.8) is 0 Å². The van der Waals surface area contributed by atoms with E-state index in [9.17, 15) is 0 Å². The summed E-state index contributed by atoms with van der Waals surface area (Å²) < 4.78 is 0. The summed E-state index contributed by atoms with van der Waals surface area (Å²) in [5.41, 5.74) is 1.15. The molecule has 18 heavy (non-hydrogen) atoms. The van der Waals surface area contributed by atoms with Crippen molar-refractivity contribution in [3.8, 4) is 0 Å². The van der Waals surface area contributed by atoms with Crippen molar-refractivity contribution in [1.29, 1.82) is 0 Å². The summed E-state index contributed by atoms with van der Waals surface area (Å²) in [6, 6.07) is 0.700. The van der Waals surface area contributed by atoms with E-state index in [0.29, 0.717) is 12.0 Å². The van der Waals surface area contributed by atoms with Crippen molar-refractivity contribution in [2.45, 2.75) is 66.8 Å². The summed E-state index contributed by atoms with van der Waals surface area (Å²) in [6.45, 7) is 14.5. The first-order valence-electron chi connectivity index (χ1n) is 7.46. The van der Waals surface area contributed by atoms with E-state index >= 15 is 0 Å². The maximum atomic E-state index is 4.77. The molecule has 2 heteroatoms. The Morgan fingerprint density at radius 1 is 1.33 bits per heavy atom. The summed E-state index contributed by atoms with van der Waals surface area (Å²) in [7, 11) is 0. The SMILES string of the molecule is CCC(C)C1CCCN1/C(C)=N/C(C)=C\C(C)C. The van der Waals surface area contributed by atoms with Crippen LogP contribution >= 0.6 is 0 Å². The van der Waals surface area contributed by atoms with Crippen molar-refractivity contribution < 1.29 is 0 Å². The normalized spacial score (nSPS) is 23.9.